The van der Waals surface area contributed by atoms with Crippen LogP contribution in [0.15, 0.2) is 48.5 Å². The Morgan fingerprint density at radius 2 is 0.741 bits per heavy atom. The van der Waals surface area contributed by atoms with Crippen molar-refractivity contribution in [3.63, 3.8) is 0 Å². The fourth-order valence-electron chi connectivity index (χ4n) is 4.13. The summed E-state index contributed by atoms with van der Waals surface area (Å²) in [5.74, 6) is -4.37. The van der Waals surface area contributed by atoms with Crippen LogP contribution in [-0.4, -0.2) is 92.3 Å². The second-order valence-electron chi connectivity index (χ2n) is 9.82. The predicted octanol–water partition coefficient (Wildman–Crippen LogP) is 1.91. The van der Waals surface area contributed by atoms with Gasteiger partial charge in [-0.05, 0) is 53.7 Å². The summed E-state index contributed by atoms with van der Waals surface area (Å²) in [5.41, 5.74) is -0.307. The Morgan fingerprint density at radius 3 is 1.02 bits per heavy atom. The van der Waals surface area contributed by atoms with E-state index in [1.807, 2.05) is 0 Å². The third-order valence-corrected chi connectivity index (χ3v) is 6.18. The molecule has 2 N–H and O–H groups in total. The number of ether oxygens (including phenoxy) is 6. The molecule has 3 aromatic carbocycles. The van der Waals surface area contributed by atoms with Crippen molar-refractivity contribution in [1.82, 2.24) is 0 Å². The standard InChI is InChI=1S/C16H16O6.C12H14O4.C8H14O4.C2H5O.Na/c1-3-21-15(19)11-12(16(20)22-4-2)14(18)10-8-6-5-7-9(10)13(11)17;1-3-15-11(13)9-7-5-6-8-10(9)12(14)16-4-2;1-3-11-7(9)5-6-8(10)12-4-2;1-2-3;/h5-8,17-18H,3-4H2,1-2H3;5-8H,3-4H2,1-2H3;3-6H2,1-2H3;2H2,1H3;/q;;;-1;+1. The van der Waals surface area contributed by atoms with E-state index in [1.165, 1.54) is 12.1 Å². The van der Waals surface area contributed by atoms with Gasteiger partial charge in [0, 0.05) is 10.8 Å². The monoisotopic (exact) mass is 768 g/mol. The average Bonchev–Trinajstić information content (AvgIpc) is 3.13. The van der Waals surface area contributed by atoms with E-state index in [2.05, 4.69) is 9.47 Å². The van der Waals surface area contributed by atoms with Crippen molar-refractivity contribution in [3.8, 4) is 11.5 Å². The number of aromatic hydroxyl groups is 2. The molecular weight excluding hydrogens is 719 g/mol. The zero-order chi connectivity index (χ0) is 40.3. The van der Waals surface area contributed by atoms with Crippen molar-refractivity contribution in [2.45, 2.75) is 61.3 Å². The minimum Gasteiger partial charge on any atom is -0.855 e. The molecule has 0 aromatic heterocycles. The normalized spacial score (nSPS) is 9.48. The fourth-order valence-corrected chi connectivity index (χ4v) is 4.13. The van der Waals surface area contributed by atoms with Gasteiger partial charge in [-0.1, -0.05) is 43.3 Å². The fraction of sp³-hybridized carbons (Fsp3) is 0.421. The number of esters is 6. The number of phenols is 2. The molecular formula is C38H49NaO15. The van der Waals surface area contributed by atoms with Crippen molar-refractivity contribution >= 4 is 46.6 Å². The average molecular weight is 769 g/mol. The molecule has 292 valence electrons. The van der Waals surface area contributed by atoms with E-state index in [0.717, 1.165) is 0 Å². The first kappa shape index (κ1) is 51.4. The van der Waals surface area contributed by atoms with E-state index >= 15 is 0 Å². The second-order valence-corrected chi connectivity index (χ2v) is 9.82. The van der Waals surface area contributed by atoms with Gasteiger partial charge >= 0.3 is 65.4 Å². The molecule has 0 heterocycles. The van der Waals surface area contributed by atoms with E-state index in [4.69, 9.17) is 24.1 Å². The van der Waals surface area contributed by atoms with Gasteiger partial charge < -0.3 is 43.7 Å². The minimum atomic E-state index is -0.899. The van der Waals surface area contributed by atoms with Gasteiger partial charge in [0.05, 0.1) is 63.6 Å². The first-order valence-corrected chi connectivity index (χ1v) is 17.0. The van der Waals surface area contributed by atoms with E-state index in [0.29, 0.717) is 13.2 Å². The molecule has 0 atom stereocenters. The molecule has 0 saturated carbocycles. The summed E-state index contributed by atoms with van der Waals surface area (Å²) >= 11 is 0. The summed E-state index contributed by atoms with van der Waals surface area (Å²) < 4.78 is 28.7. The number of carbonyl (C=O) groups excluding carboxylic acids is 6. The Hall–Kier alpha value is -4.70. The summed E-state index contributed by atoms with van der Waals surface area (Å²) in [6, 6.07) is 12.8. The molecule has 0 amide bonds. The summed E-state index contributed by atoms with van der Waals surface area (Å²) in [7, 11) is 0. The van der Waals surface area contributed by atoms with E-state index < -0.39 is 46.5 Å². The first-order valence-electron chi connectivity index (χ1n) is 17.0. The van der Waals surface area contributed by atoms with Crippen molar-refractivity contribution < 1.29 is 102 Å². The molecule has 0 aliphatic heterocycles. The molecule has 0 bridgehead atoms. The van der Waals surface area contributed by atoms with Crippen LogP contribution in [0.25, 0.3) is 10.8 Å². The van der Waals surface area contributed by atoms with Crippen LogP contribution in [0, 0.1) is 0 Å². The number of hydrogen-bond acceptors (Lipinski definition) is 15. The summed E-state index contributed by atoms with van der Waals surface area (Å²) in [5, 5.41) is 30.1. The third kappa shape index (κ3) is 17.4. The second kappa shape index (κ2) is 29.7. The third-order valence-electron chi connectivity index (χ3n) is 6.18. The molecule has 0 aliphatic rings. The zero-order valence-electron chi connectivity index (χ0n) is 32.2. The maximum atomic E-state index is 12.1. The summed E-state index contributed by atoms with van der Waals surface area (Å²) in [6.07, 6.45) is 0.208. The number of rotatable bonds is 13. The Bertz CT molecular complexity index is 1520. The Labute approximate surface area is 337 Å². The molecule has 0 fully saturated rings. The van der Waals surface area contributed by atoms with Gasteiger partial charge in [-0.2, -0.15) is 0 Å². The molecule has 16 heteroatoms. The number of fused-ring (bicyclic) bond motifs is 1. The maximum absolute atomic E-state index is 12.1. The van der Waals surface area contributed by atoms with Crippen molar-refractivity contribution in [2.75, 3.05) is 46.2 Å². The van der Waals surface area contributed by atoms with Gasteiger partial charge in [0.2, 0.25) is 0 Å². The van der Waals surface area contributed by atoms with Crippen LogP contribution in [0.2, 0.25) is 0 Å². The molecule has 0 saturated heterocycles. The zero-order valence-corrected chi connectivity index (χ0v) is 34.2. The van der Waals surface area contributed by atoms with E-state index in [-0.39, 0.29) is 109 Å². The largest absolute Gasteiger partial charge is 1.00 e. The molecule has 0 spiro atoms. The number of phenolic OH excluding ortho intramolecular Hbond substituents is 2. The van der Waals surface area contributed by atoms with Crippen molar-refractivity contribution in [2.24, 2.45) is 0 Å². The van der Waals surface area contributed by atoms with Gasteiger partial charge in [-0.3, -0.25) is 9.59 Å². The number of carbonyl (C=O) groups is 6. The molecule has 3 rings (SSSR count). The van der Waals surface area contributed by atoms with E-state index in [9.17, 15) is 39.0 Å². The molecule has 0 unspecified atom stereocenters. The van der Waals surface area contributed by atoms with Gasteiger partial charge in [0.1, 0.15) is 22.6 Å². The quantitative estimate of drug-likeness (QED) is 0.110. The van der Waals surface area contributed by atoms with Crippen molar-refractivity contribution in [1.29, 1.82) is 0 Å². The van der Waals surface area contributed by atoms with Gasteiger partial charge in [0.15, 0.2) is 0 Å². The smallest absolute Gasteiger partial charge is 0.855 e. The van der Waals surface area contributed by atoms with Crippen LogP contribution in [0.4, 0.5) is 0 Å². The van der Waals surface area contributed by atoms with Gasteiger partial charge in [-0.15, -0.1) is 6.61 Å². The Morgan fingerprint density at radius 1 is 0.481 bits per heavy atom. The van der Waals surface area contributed by atoms with Crippen LogP contribution < -0.4 is 34.7 Å². The van der Waals surface area contributed by atoms with Crippen LogP contribution in [0.1, 0.15) is 103 Å². The van der Waals surface area contributed by atoms with Gasteiger partial charge in [-0.25, -0.2) is 19.2 Å². The summed E-state index contributed by atoms with van der Waals surface area (Å²) in [6.45, 7) is 13.0. The summed E-state index contributed by atoms with van der Waals surface area (Å²) in [4.78, 5) is 68.7. The SMILES string of the molecule is CCOC(=O)CCC(=O)OCC.CCOC(=O)c1c(C(=O)OCC)c(O)c2ccccc2c1O.CCOC(=O)c1ccccc1C(=O)OCC.CC[O-].[Na+]. The topological polar surface area (TPSA) is 221 Å². The van der Waals surface area contributed by atoms with Crippen LogP contribution in [0.3, 0.4) is 0 Å². The minimum absolute atomic E-state index is 0. The molecule has 0 radical (unpaired) electrons. The first-order chi connectivity index (χ1) is 25.3. The molecule has 15 nitrogen and oxygen atoms in total. The van der Waals surface area contributed by atoms with Gasteiger partial charge in [0.25, 0.3) is 0 Å². The van der Waals surface area contributed by atoms with Crippen LogP contribution in [-0.2, 0) is 38.0 Å². The number of benzene rings is 3. The van der Waals surface area contributed by atoms with E-state index in [1.54, 1.807) is 84.9 Å². The van der Waals surface area contributed by atoms with Crippen molar-refractivity contribution in [3.05, 3.63) is 70.8 Å². The Kier molecular flexibility index (Phi) is 28.3. The number of hydrogen-bond donors (Lipinski definition) is 2. The molecule has 3 aromatic rings. The van der Waals surface area contributed by atoms with Crippen LogP contribution >= 0.6 is 0 Å². The predicted molar refractivity (Wildman–Crippen MR) is 191 cm³/mol. The van der Waals surface area contributed by atoms with Crippen LogP contribution in [0.5, 0.6) is 11.5 Å². The molecule has 54 heavy (non-hydrogen) atoms. The maximum Gasteiger partial charge on any atom is 1.00 e. The Balaban J connectivity index is 0. The molecule has 0 aliphatic carbocycles.